The molecular weight excluding hydrogens is 210 g/mol. The second kappa shape index (κ2) is 4.24. The maximum Gasteiger partial charge on any atom is 0.0777 e. The van der Waals surface area contributed by atoms with Gasteiger partial charge < -0.3 is 10.5 Å². The van der Waals surface area contributed by atoms with Crippen molar-refractivity contribution >= 4 is 0 Å². The second-order valence-corrected chi connectivity index (χ2v) is 7.02. The Kier molecular flexibility index (Phi) is 2.99. The molecule has 17 heavy (non-hydrogen) atoms. The summed E-state index contributed by atoms with van der Waals surface area (Å²) in [6.45, 7) is 5.05. The van der Waals surface area contributed by atoms with Gasteiger partial charge in [-0.2, -0.15) is 0 Å². The summed E-state index contributed by atoms with van der Waals surface area (Å²) in [5.74, 6) is 3.76. The van der Waals surface area contributed by atoms with Gasteiger partial charge in [0.15, 0.2) is 0 Å². The third-order valence-corrected chi connectivity index (χ3v) is 5.74. The van der Waals surface area contributed by atoms with Crippen molar-refractivity contribution in [3.05, 3.63) is 0 Å². The lowest BCUT2D eigenvalue weighted by Crippen LogP contribution is -2.53. The quantitative estimate of drug-likeness (QED) is 0.816. The molecule has 2 heteroatoms. The van der Waals surface area contributed by atoms with Gasteiger partial charge in [0.25, 0.3) is 0 Å². The summed E-state index contributed by atoms with van der Waals surface area (Å²) in [6, 6.07) is 0. The fraction of sp³-hybridized carbons (Fsp3) is 1.00. The summed E-state index contributed by atoms with van der Waals surface area (Å²) in [7, 11) is 0. The van der Waals surface area contributed by atoms with Gasteiger partial charge in [-0.05, 0) is 69.1 Å². The first-order chi connectivity index (χ1) is 8.13. The Hall–Kier alpha value is -0.0800. The molecular formula is C15H27NO. The van der Waals surface area contributed by atoms with E-state index in [4.69, 9.17) is 10.5 Å². The van der Waals surface area contributed by atoms with E-state index in [1.807, 2.05) is 0 Å². The Labute approximate surface area is 105 Å². The molecule has 2 nitrogen and oxygen atoms in total. The first-order valence-electron chi connectivity index (χ1n) is 7.51. The van der Waals surface area contributed by atoms with E-state index >= 15 is 0 Å². The van der Waals surface area contributed by atoms with Crippen molar-refractivity contribution in [1.82, 2.24) is 0 Å². The van der Waals surface area contributed by atoms with E-state index in [0.29, 0.717) is 12.6 Å². The van der Waals surface area contributed by atoms with Crippen LogP contribution in [0.15, 0.2) is 0 Å². The van der Waals surface area contributed by atoms with Gasteiger partial charge in [0.2, 0.25) is 0 Å². The molecule has 0 spiro atoms. The SMILES string of the molecule is CCC(C)(CN)OC1C2CC3CC(C2)CC1C3. The highest BCUT2D eigenvalue weighted by atomic mass is 16.5. The highest BCUT2D eigenvalue weighted by Crippen LogP contribution is 2.55. The van der Waals surface area contributed by atoms with E-state index in [2.05, 4.69) is 13.8 Å². The minimum atomic E-state index is -0.0833. The second-order valence-electron chi connectivity index (χ2n) is 7.02. The number of nitrogens with two attached hydrogens (primary N) is 1. The number of hydrogen-bond donors (Lipinski definition) is 1. The average Bonchev–Trinajstić information content (AvgIpc) is 2.33. The lowest BCUT2D eigenvalue weighted by atomic mass is 9.55. The summed E-state index contributed by atoms with van der Waals surface area (Å²) < 4.78 is 6.49. The molecule has 4 saturated carbocycles. The van der Waals surface area contributed by atoms with E-state index in [1.165, 1.54) is 32.1 Å². The summed E-state index contributed by atoms with van der Waals surface area (Å²) in [4.78, 5) is 0. The van der Waals surface area contributed by atoms with Crippen LogP contribution in [0, 0.1) is 23.7 Å². The standard InChI is InChI=1S/C15H27NO/c1-3-15(2,9-16)17-14-12-5-10-4-11(7-12)8-13(14)6-10/h10-14H,3-9,16H2,1-2H3. The van der Waals surface area contributed by atoms with E-state index < -0.39 is 0 Å². The third kappa shape index (κ3) is 2.04. The van der Waals surface area contributed by atoms with E-state index in [0.717, 1.165) is 30.1 Å². The Balaban J connectivity index is 1.72. The van der Waals surface area contributed by atoms with Crippen LogP contribution in [-0.4, -0.2) is 18.2 Å². The molecule has 1 atom stereocenters. The van der Waals surface area contributed by atoms with Crippen LogP contribution >= 0.6 is 0 Å². The van der Waals surface area contributed by atoms with Crippen LogP contribution in [0.1, 0.15) is 52.4 Å². The Bertz CT molecular complexity index is 257. The van der Waals surface area contributed by atoms with Gasteiger partial charge in [0.05, 0.1) is 11.7 Å². The monoisotopic (exact) mass is 237 g/mol. The lowest BCUT2D eigenvalue weighted by molar-refractivity contribution is -0.181. The molecule has 0 aromatic heterocycles. The Morgan fingerprint density at radius 3 is 2.00 bits per heavy atom. The number of ether oxygens (including phenoxy) is 1. The molecule has 0 aliphatic heterocycles. The van der Waals surface area contributed by atoms with Crippen LogP contribution in [-0.2, 0) is 4.74 Å². The first kappa shape index (κ1) is 12.0. The van der Waals surface area contributed by atoms with Crippen LogP contribution < -0.4 is 5.73 Å². The molecule has 98 valence electrons. The largest absolute Gasteiger partial charge is 0.370 e. The smallest absolute Gasteiger partial charge is 0.0777 e. The molecule has 2 N–H and O–H groups in total. The fourth-order valence-electron chi connectivity index (χ4n) is 4.67. The van der Waals surface area contributed by atoms with Crippen molar-refractivity contribution in [2.45, 2.75) is 64.1 Å². The first-order valence-corrected chi connectivity index (χ1v) is 7.51. The minimum Gasteiger partial charge on any atom is -0.370 e. The van der Waals surface area contributed by atoms with Crippen molar-refractivity contribution in [3.8, 4) is 0 Å². The van der Waals surface area contributed by atoms with Gasteiger partial charge in [-0.3, -0.25) is 0 Å². The number of hydrogen-bond acceptors (Lipinski definition) is 2. The zero-order valence-corrected chi connectivity index (χ0v) is 11.3. The molecule has 0 amide bonds. The Morgan fingerprint density at radius 2 is 1.59 bits per heavy atom. The van der Waals surface area contributed by atoms with Crippen molar-refractivity contribution in [2.24, 2.45) is 29.4 Å². The summed E-state index contributed by atoms with van der Waals surface area (Å²) >= 11 is 0. The maximum absolute atomic E-state index is 6.49. The highest BCUT2D eigenvalue weighted by molar-refractivity contribution is 5.00. The van der Waals surface area contributed by atoms with Crippen molar-refractivity contribution < 1.29 is 4.74 Å². The van der Waals surface area contributed by atoms with Gasteiger partial charge in [-0.25, -0.2) is 0 Å². The van der Waals surface area contributed by atoms with Crippen molar-refractivity contribution in [2.75, 3.05) is 6.54 Å². The predicted octanol–water partition coefficient (Wildman–Crippen LogP) is 2.96. The van der Waals surface area contributed by atoms with Crippen LogP contribution in [0.2, 0.25) is 0 Å². The molecule has 0 aromatic carbocycles. The minimum absolute atomic E-state index is 0.0833. The molecule has 0 saturated heterocycles. The van der Waals surface area contributed by atoms with Crippen LogP contribution in [0.3, 0.4) is 0 Å². The third-order valence-electron chi connectivity index (χ3n) is 5.74. The molecule has 4 fully saturated rings. The molecule has 0 aromatic rings. The van der Waals surface area contributed by atoms with Gasteiger partial charge in [0, 0.05) is 6.54 Å². The molecule has 4 aliphatic rings. The molecule has 1 unspecified atom stereocenters. The maximum atomic E-state index is 6.49. The van der Waals surface area contributed by atoms with Gasteiger partial charge in [-0.1, -0.05) is 6.92 Å². The summed E-state index contributed by atoms with van der Waals surface area (Å²) in [6.07, 6.45) is 8.80. The van der Waals surface area contributed by atoms with Crippen molar-refractivity contribution in [1.29, 1.82) is 0 Å². The van der Waals surface area contributed by atoms with E-state index in [9.17, 15) is 0 Å². The highest BCUT2D eigenvalue weighted by Gasteiger charge is 2.50. The normalized spacial score (nSPS) is 47.1. The predicted molar refractivity (Wildman–Crippen MR) is 69.7 cm³/mol. The lowest BCUT2D eigenvalue weighted by Gasteiger charge is -2.55. The van der Waals surface area contributed by atoms with Crippen LogP contribution in [0.25, 0.3) is 0 Å². The topological polar surface area (TPSA) is 35.2 Å². The fourth-order valence-corrected chi connectivity index (χ4v) is 4.67. The molecule has 4 bridgehead atoms. The molecule has 4 rings (SSSR count). The van der Waals surface area contributed by atoms with Crippen molar-refractivity contribution in [3.63, 3.8) is 0 Å². The average molecular weight is 237 g/mol. The summed E-state index contributed by atoms with van der Waals surface area (Å²) in [5.41, 5.74) is 5.81. The van der Waals surface area contributed by atoms with Gasteiger partial charge in [-0.15, -0.1) is 0 Å². The summed E-state index contributed by atoms with van der Waals surface area (Å²) in [5, 5.41) is 0. The molecule has 4 aliphatic carbocycles. The van der Waals surface area contributed by atoms with Gasteiger partial charge in [0.1, 0.15) is 0 Å². The zero-order valence-electron chi connectivity index (χ0n) is 11.3. The molecule has 0 heterocycles. The Morgan fingerprint density at radius 1 is 1.06 bits per heavy atom. The molecule has 0 radical (unpaired) electrons. The van der Waals surface area contributed by atoms with Crippen LogP contribution in [0.4, 0.5) is 0 Å². The van der Waals surface area contributed by atoms with E-state index in [1.54, 1.807) is 0 Å². The zero-order chi connectivity index (χ0) is 12.0. The van der Waals surface area contributed by atoms with E-state index in [-0.39, 0.29) is 5.60 Å². The number of rotatable bonds is 4. The van der Waals surface area contributed by atoms with Crippen LogP contribution in [0.5, 0.6) is 0 Å². The van der Waals surface area contributed by atoms with Gasteiger partial charge >= 0.3 is 0 Å².